The van der Waals surface area contributed by atoms with Crippen LogP contribution in [0.2, 0.25) is 0 Å². The Balaban J connectivity index is 1.78. The molecule has 3 heterocycles. The van der Waals surface area contributed by atoms with Gasteiger partial charge in [0.05, 0.1) is 11.0 Å². The van der Waals surface area contributed by atoms with E-state index in [-0.39, 0.29) is 5.91 Å². The Labute approximate surface area is 134 Å². The minimum Gasteiger partial charge on any atom is -0.341 e. The molecule has 5 heteroatoms. The Morgan fingerprint density at radius 1 is 1.09 bits per heavy atom. The van der Waals surface area contributed by atoms with Crippen molar-refractivity contribution in [3.05, 3.63) is 48.8 Å². The Bertz CT molecular complexity index is 835. The monoisotopic (exact) mass is 306 g/mol. The number of pyridine rings is 1. The molecule has 0 aliphatic carbocycles. The first kappa shape index (κ1) is 13.9. The second kappa shape index (κ2) is 5.83. The van der Waals surface area contributed by atoms with E-state index in [1.54, 1.807) is 12.4 Å². The van der Waals surface area contributed by atoms with E-state index >= 15 is 0 Å². The van der Waals surface area contributed by atoms with Crippen molar-refractivity contribution in [2.75, 3.05) is 13.1 Å². The molecule has 5 nitrogen and oxygen atoms in total. The Morgan fingerprint density at radius 3 is 2.70 bits per heavy atom. The first-order chi connectivity index (χ1) is 11.3. The molecule has 1 amide bonds. The van der Waals surface area contributed by atoms with Gasteiger partial charge in [-0.3, -0.25) is 9.78 Å². The zero-order valence-electron chi connectivity index (χ0n) is 12.9. The molecular weight excluding hydrogens is 288 g/mol. The fourth-order valence-corrected chi connectivity index (χ4v) is 3.15. The molecule has 1 fully saturated rings. The van der Waals surface area contributed by atoms with Crippen molar-refractivity contribution in [1.29, 1.82) is 0 Å². The summed E-state index contributed by atoms with van der Waals surface area (Å²) < 4.78 is 2.01. The Hall–Kier alpha value is -2.69. The number of fused-ring (bicyclic) bond motifs is 1. The van der Waals surface area contributed by atoms with Gasteiger partial charge in [0.15, 0.2) is 0 Å². The number of rotatable bonds is 3. The third kappa shape index (κ3) is 2.59. The summed E-state index contributed by atoms with van der Waals surface area (Å²) in [5.74, 6) is 0.961. The molecule has 23 heavy (non-hydrogen) atoms. The molecular formula is C18H18N4O. The van der Waals surface area contributed by atoms with Crippen LogP contribution < -0.4 is 0 Å². The van der Waals surface area contributed by atoms with E-state index in [2.05, 4.69) is 4.98 Å². The number of carbonyl (C=O) groups is 1. The van der Waals surface area contributed by atoms with Crippen molar-refractivity contribution in [3.8, 4) is 11.4 Å². The molecule has 2 aromatic heterocycles. The van der Waals surface area contributed by atoms with Crippen LogP contribution >= 0.6 is 0 Å². The van der Waals surface area contributed by atoms with Crippen LogP contribution in [-0.4, -0.2) is 38.4 Å². The van der Waals surface area contributed by atoms with Gasteiger partial charge in [0.2, 0.25) is 5.91 Å². The van der Waals surface area contributed by atoms with E-state index in [0.29, 0.717) is 6.54 Å². The van der Waals surface area contributed by atoms with E-state index in [4.69, 9.17) is 4.98 Å². The average Bonchev–Trinajstić information content (AvgIpc) is 3.24. The minimum absolute atomic E-state index is 0.163. The van der Waals surface area contributed by atoms with Crippen molar-refractivity contribution >= 4 is 16.9 Å². The highest BCUT2D eigenvalue weighted by Crippen LogP contribution is 2.24. The second-order valence-electron chi connectivity index (χ2n) is 5.84. The third-order valence-electron chi connectivity index (χ3n) is 4.33. The van der Waals surface area contributed by atoms with Crippen LogP contribution in [0.25, 0.3) is 22.4 Å². The molecule has 0 saturated carbocycles. The first-order valence-corrected chi connectivity index (χ1v) is 7.96. The second-order valence-corrected chi connectivity index (χ2v) is 5.84. The lowest BCUT2D eigenvalue weighted by molar-refractivity contribution is -0.130. The van der Waals surface area contributed by atoms with Crippen LogP contribution in [0.5, 0.6) is 0 Å². The van der Waals surface area contributed by atoms with Crippen molar-refractivity contribution in [3.63, 3.8) is 0 Å². The molecule has 1 aromatic carbocycles. The molecule has 0 bridgehead atoms. The summed E-state index contributed by atoms with van der Waals surface area (Å²) in [6, 6.07) is 11.8. The molecule has 0 atom stereocenters. The van der Waals surface area contributed by atoms with Crippen molar-refractivity contribution in [2.45, 2.75) is 19.4 Å². The van der Waals surface area contributed by atoms with Gasteiger partial charge in [-0.1, -0.05) is 12.1 Å². The van der Waals surface area contributed by atoms with Crippen LogP contribution in [-0.2, 0) is 11.3 Å². The van der Waals surface area contributed by atoms with E-state index in [1.165, 1.54) is 0 Å². The van der Waals surface area contributed by atoms with Crippen molar-refractivity contribution in [1.82, 2.24) is 19.4 Å². The number of benzene rings is 1. The number of amides is 1. The Kier molecular flexibility index (Phi) is 3.54. The van der Waals surface area contributed by atoms with Crippen LogP contribution in [0.3, 0.4) is 0 Å². The van der Waals surface area contributed by atoms with Gasteiger partial charge in [0, 0.05) is 31.0 Å². The van der Waals surface area contributed by atoms with Crippen LogP contribution in [0.15, 0.2) is 48.8 Å². The number of imidazole rings is 1. The predicted molar refractivity (Wildman–Crippen MR) is 88.8 cm³/mol. The molecule has 3 aromatic rings. The lowest BCUT2D eigenvalue weighted by atomic mass is 10.2. The van der Waals surface area contributed by atoms with Crippen LogP contribution in [0.1, 0.15) is 12.8 Å². The highest BCUT2D eigenvalue weighted by molar-refractivity contribution is 5.84. The smallest absolute Gasteiger partial charge is 0.242 e. The maximum atomic E-state index is 12.6. The fraction of sp³-hybridized carbons (Fsp3) is 0.278. The molecule has 1 aliphatic rings. The van der Waals surface area contributed by atoms with Gasteiger partial charge in [0.25, 0.3) is 0 Å². The number of hydrogen-bond donors (Lipinski definition) is 0. The fourth-order valence-electron chi connectivity index (χ4n) is 3.15. The van der Waals surface area contributed by atoms with Gasteiger partial charge in [0.1, 0.15) is 12.4 Å². The number of carbonyl (C=O) groups excluding carboxylic acids is 1. The topological polar surface area (TPSA) is 51.0 Å². The summed E-state index contributed by atoms with van der Waals surface area (Å²) in [5, 5.41) is 0. The summed E-state index contributed by atoms with van der Waals surface area (Å²) in [5.41, 5.74) is 2.82. The summed E-state index contributed by atoms with van der Waals surface area (Å²) >= 11 is 0. The lowest BCUT2D eigenvalue weighted by Crippen LogP contribution is -2.31. The number of nitrogens with zero attached hydrogens (tertiary/aromatic N) is 4. The molecule has 1 saturated heterocycles. The maximum Gasteiger partial charge on any atom is 0.242 e. The predicted octanol–water partition coefficient (Wildman–Crippen LogP) is 2.72. The molecule has 0 unspecified atom stereocenters. The molecule has 1 aliphatic heterocycles. The van der Waals surface area contributed by atoms with Gasteiger partial charge < -0.3 is 9.47 Å². The molecule has 0 N–H and O–H groups in total. The molecule has 4 rings (SSSR count). The van der Waals surface area contributed by atoms with E-state index in [9.17, 15) is 4.79 Å². The highest BCUT2D eigenvalue weighted by atomic mass is 16.2. The quantitative estimate of drug-likeness (QED) is 0.747. The minimum atomic E-state index is 0.163. The van der Waals surface area contributed by atoms with Gasteiger partial charge in [-0.05, 0) is 37.1 Å². The first-order valence-electron chi connectivity index (χ1n) is 7.96. The van der Waals surface area contributed by atoms with Gasteiger partial charge >= 0.3 is 0 Å². The highest BCUT2D eigenvalue weighted by Gasteiger charge is 2.21. The Morgan fingerprint density at radius 2 is 1.91 bits per heavy atom. The molecule has 116 valence electrons. The summed E-state index contributed by atoms with van der Waals surface area (Å²) in [7, 11) is 0. The summed E-state index contributed by atoms with van der Waals surface area (Å²) in [4.78, 5) is 23.4. The number of para-hydroxylation sites is 2. The zero-order chi connectivity index (χ0) is 15.6. The van der Waals surface area contributed by atoms with E-state index in [0.717, 1.165) is 48.4 Å². The van der Waals surface area contributed by atoms with Gasteiger partial charge in [-0.2, -0.15) is 0 Å². The van der Waals surface area contributed by atoms with Gasteiger partial charge in [-0.25, -0.2) is 4.98 Å². The summed E-state index contributed by atoms with van der Waals surface area (Å²) in [6.07, 6.45) is 5.74. The third-order valence-corrected chi connectivity index (χ3v) is 4.33. The average molecular weight is 306 g/mol. The number of hydrogen-bond acceptors (Lipinski definition) is 3. The number of likely N-dealkylation sites (tertiary alicyclic amines) is 1. The number of aromatic nitrogens is 3. The normalized spacial score (nSPS) is 14.5. The van der Waals surface area contributed by atoms with Gasteiger partial charge in [-0.15, -0.1) is 0 Å². The van der Waals surface area contributed by atoms with E-state index in [1.807, 2.05) is 45.9 Å². The zero-order valence-corrected chi connectivity index (χ0v) is 12.9. The van der Waals surface area contributed by atoms with Crippen molar-refractivity contribution < 1.29 is 4.79 Å². The van der Waals surface area contributed by atoms with Crippen LogP contribution in [0, 0.1) is 0 Å². The summed E-state index contributed by atoms with van der Waals surface area (Å²) in [6.45, 7) is 2.06. The maximum absolute atomic E-state index is 12.6. The molecule has 0 spiro atoms. The SMILES string of the molecule is O=C(Cn1c(-c2cccnc2)nc2ccccc21)N1CCCC1. The van der Waals surface area contributed by atoms with Crippen LogP contribution in [0.4, 0.5) is 0 Å². The molecule has 0 radical (unpaired) electrons. The largest absolute Gasteiger partial charge is 0.341 e. The lowest BCUT2D eigenvalue weighted by Gasteiger charge is -2.17. The van der Waals surface area contributed by atoms with E-state index < -0.39 is 0 Å². The van der Waals surface area contributed by atoms with Crippen molar-refractivity contribution in [2.24, 2.45) is 0 Å². The standard InChI is InChI=1S/C18H18N4O/c23-17(21-10-3-4-11-21)13-22-16-8-2-1-7-15(16)20-18(22)14-6-5-9-19-12-14/h1-2,5-9,12H,3-4,10-11,13H2.